The van der Waals surface area contributed by atoms with E-state index >= 15 is 0 Å². The van der Waals surface area contributed by atoms with Crippen molar-refractivity contribution in [1.82, 2.24) is 0 Å². The van der Waals surface area contributed by atoms with Gasteiger partial charge in [0.15, 0.2) is 4.90 Å². The first-order valence-corrected chi connectivity index (χ1v) is 7.97. The minimum atomic E-state index is -5.62. The smallest absolute Gasteiger partial charge is 0.344 e. The van der Waals surface area contributed by atoms with Crippen LogP contribution >= 0.6 is 15.2 Å². The number of carbonyl (C=O) groups is 2. The standard InChI is InChI=1S/C7H14O10P2/c1-3(5(8)9)4(6(10)11)7(2,18(12,13)14)19(15,16)17/h3-4H,1-2H3,(H,8,9)(H,10,11)(H2,12,13,14)(H2,15,16,17). The quantitative estimate of drug-likeness (QED) is 0.347. The van der Waals surface area contributed by atoms with E-state index in [1.165, 1.54) is 0 Å². The Bertz CT molecular complexity index is 450. The highest BCUT2D eigenvalue weighted by Gasteiger charge is 2.65. The van der Waals surface area contributed by atoms with Crippen LogP contribution in [0.2, 0.25) is 0 Å². The Morgan fingerprint density at radius 1 is 0.947 bits per heavy atom. The number of aliphatic carboxylic acids is 2. The molecule has 0 saturated heterocycles. The van der Waals surface area contributed by atoms with Gasteiger partial charge in [0.1, 0.15) is 0 Å². The van der Waals surface area contributed by atoms with Crippen LogP contribution in [-0.4, -0.2) is 46.6 Å². The molecule has 0 aromatic carbocycles. The molecule has 0 amide bonds. The van der Waals surface area contributed by atoms with Gasteiger partial charge in [-0.2, -0.15) is 0 Å². The highest BCUT2D eigenvalue weighted by Crippen LogP contribution is 2.72. The van der Waals surface area contributed by atoms with Gasteiger partial charge in [-0.3, -0.25) is 18.7 Å². The molecule has 0 aromatic rings. The molecule has 0 aromatic heterocycles. The number of rotatable bonds is 6. The van der Waals surface area contributed by atoms with Crippen molar-refractivity contribution in [3.63, 3.8) is 0 Å². The molecule has 2 unspecified atom stereocenters. The average molecular weight is 320 g/mol. The molecule has 12 heteroatoms. The summed E-state index contributed by atoms with van der Waals surface area (Å²) in [6, 6.07) is 0. The van der Waals surface area contributed by atoms with Crippen LogP contribution < -0.4 is 0 Å². The van der Waals surface area contributed by atoms with E-state index in [2.05, 4.69) is 0 Å². The summed E-state index contributed by atoms with van der Waals surface area (Å²) >= 11 is 0. The predicted octanol–water partition coefficient (Wildman–Crippen LogP) is -0.521. The highest BCUT2D eigenvalue weighted by molar-refractivity contribution is 7.72. The SMILES string of the molecule is CC(C(=O)O)C(C(=O)O)C(C)(P(=O)(O)O)P(=O)(O)O. The van der Waals surface area contributed by atoms with E-state index < -0.39 is 43.9 Å². The molecule has 0 aliphatic carbocycles. The molecule has 2 atom stereocenters. The molecule has 19 heavy (non-hydrogen) atoms. The van der Waals surface area contributed by atoms with E-state index in [4.69, 9.17) is 29.8 Å². The number of hydrogen-bond donors (Lipinski definition) is 6. The lowest BCUT2D eigenvalue weighted by atomic mass is 9.91. The van der Waals surface area contributed by atoms with Crippen LogP contribution in [0.5, 0.6) is 0 Å². The van der Waals surface area contributed by atoms with Gasteiger partial charge < -0.3 is 29.8 Å². The molecule has 10 nitrogen and oxygen atoms in total. The lowest BCUT2D eigenvalue weighted by molar-refractivity contribution is -0.153. The van der Waals surface area contributed by atoms with Crippen LogP contribution in [0.1, 0.15) is 13.8 Å². The van der Waals surface area contributed by atoms with Crippen LogP contribution in [0.15, 0.2) is 0 Å². The molecule has 0 rings (SSSR count). The van der Waals surface area contributed by atoms with E-state index in [9.17, 15) is 18.7 Å². The van der Waals surface area contributed by atoms with Crippen molar-refractivity contribution >= 4 is 27.1 Å². The van der Waals surface area contributed by atoms with E-state index in [0.717, 1.165) is 6.92 Å². The van der Waals surface area contributed by atoms with E-state index in [1.54, 1.807) is 0 Å². The van der Waals surface area contributed by atoms with Crippen LogP contribution in [0, 0.1) is 11.8 Å². The van der Waals surface area contributed by atoms with Gasteiger partial charge in [0.25, 0.3) is 0 Å². The molecule has 0 fully saturated rings. The molecule has 0 saturated carbocycles. The van der Waals surface area contributed by atoms with Crippen LogP contribution in [0.4, 0.5) is 0 Å². The first kappa shape index (κ1) is 18.2. The molecule has 0 aliphatic heterocycles. The monoisotopic (exact) mass is 320 g/mol. The Morgan fingerprint density at radius 3 is 1.42 bits per heavy atom. The number of hydrogen-bond acceptors (Lipinski definition) is 4. The van der Waals surface area contributed by atoms with Crippen molar-refractivity contribution in [2.24, 2.45) is 11.8 Å². The van der Waals surface area contributed by atoms with Crippen molar-refractivity contribution in [3.05, 3.63) is 0 Å². The minimum Gasteiger partial charge on any atom is -0.481 e. The maximum Gasteiger partial charge on any atom is 0.344 e. The summed E-state index contributed by atoms with van der Waals surface area (Å²) in [5, 5.41) is 17.6. The van der Waals surface area contributed by atoms with Gasteiger partial charge in [-0.25, -0.2) is 0 Å². The summed E-state index contributed by atoms with van der Waals surface area (Å²) in [5.74, 6) is -8.15. The molecule has 0 bridgehead atoms. The topological polar surface area (TPSA) is 190 Å². The fourth-order valence-corrected chi connectivity index (χ4v) is 4.35. The third-order valence-corrected chi connectivity index (χ3v) is 7.40. The molecule has 6 N–H and O–H groups in total. The maximum atomic E-state index is 11.3. The average Bonchev–Trinajstić information content (AvgIpc) is 2.12. The Kier molecular flexibility index (Phi) is 5.11. The summed E-state index contributed by atoms with van der Waals surface area (Å²) < 4.78 is 22.6. The van der Waals surface area contributed by atoms with Gasteiger partial charge in [0.05, 0.1) is 11.8 Å². The molecule has 0 radical (unpaired) electrons. The molecular formula is C7H14O10P2. The number of carboxylic acid groups (broad SMARTS) is 2. The van der Waals surface area contributed by atoms with Crippen LogP contribution in [0.25, 0.3) is 0 Å². The van der Waals surface area contributed by atoms with Crippen LogP contribution in [0.3, 0.4) is 0 Å². The fourth-order valence-electron chi connectivity index (χ4n) is 1.60. The zero-order chi connectivity index (χ0) is 15.8. The molecule has 0 aliphatic rings. The second-order valence-electron chi connectivity index (χ2n) is 4.12. The summed E-state index contributed by atoms with van der Waals surface area (Å²) in [4.78, 5) is 54.8. The van der Waals surface area contributed by atoms with Gasteiger partial charge >= 0.3 is 27.1 Å². The van der Waals surface area contributed by atoms with Crippen LogP contribution in [-0.2, 0) is 18.7 Å². The van der Waals surface area contributed by atoms with Gasteiger partial charge in [-0.05, 0) is 6.92 Å². The Hall–Kier alpha value is -0.760. The lowest BCUT2D eigenvalue weighted by Gasteiger charge is -2.37. The number of carboxylic acids is 2. The summed E-state index contributed by atoms with van der Waals surface area (Å²) in [7, 11) is -11.2. The second-order valence-corrected chi connectivity index (χ2v) is 8.51. The van der Waals surface area contributed by atoms with Gasteiger partial charge in [-0.1, -0.05) is 6.92 Å². The van der Waals surface area contributed by atoms with Gasteiger partial charge in [0.2, 0.25) is 0 Å². The largest absolute Gasteiger partial charge is 0.481 e. The normalized spacial score (nSPS) is 16.7. The van der Waals surface area contributed by atoms with E-state index in [1.807, 2.05) is 0 Å². The van der Waals surface area contributed by atoms with Crippen molar-refractivity contribution < 1.29 is 48.5 Å². The van der Waals surface area contributed by atoms with Crippen molar-refractivity contribution in [2.45, 2.75) is 18.7 Å². The third-order valence-electron chi connectivity index (χ3n) is 2.92. The first-order chi connectivity index (χ1) is 8.18. The maximum absolute atomic E-state index is 11.3. The molecule has 0 heterocycles. The molecule has 0 spiro atoms. The summed E-state index contributed by atoms with van der Waals surface area (Å²) in [6.07, 6.45) is 0. The lowest BCUT2D eigenvalue weighted by Crippen LogP contribution is -2.45. The second kappa shape index (κ2) is 5.32. The molecule has 112 valence electrons. The summed E-state index contributed by atoms with van der Waals surface area (Å²) in [6.45, 7) is 1.16. The van der Waals surface area contributed by atoms with Crippen molar-refractivity contribution in [3.8, 4) is 0 Å². The minimum absolute atomic E-state index is 0.368. The Balaban J connectivity index is 6.27. The fraction of sp³-hybridized carbons (Fsp3) is 0.714. The van der Waals surface area contributed by atoms with E-state index in [0.29, 0.717) is 6.92 Å². The zero-order valence-corrected chi connectivity index (χ0v) is 11.7. The van der Waals surface area contributed by atoms with Gasteiger partial charge in [0, 0.05) is 0 Å². The predicted molar refractivity (Wildman–Crippen MR) is 60.4 cm³/mol. The van der Waals surface area contributed by atoms with E-state index in [-0.39, 0.29) is 0 Å². The van der Waals surface area contributed by atoms with Crippen molar-refractivity contribution in [1.29, 1.82) is 0 Å². The highest BCUT2D eigenvalue weighted by atomic mass is 31.2. The summed E-state index contributed by atoms with van der Waals surface area (Å²) in [5.41, 5.74) is 0. The first-order valence-electron chi connectivity index (χ1n) is 4.74. The van der Waals surface area contributed by atoms with Gasteiger partial charge in [-0.15, -0.1) is 0 Å². The Morgan fingerprint density at radius 2 is 1.26 bits per heavy atom. The third kappa shape index (κ3) is 3.22. The zero-order valence-electron chi connectivity index (χ0n) is 9.87. The Labute approximate surface area is 107 Å². The van der Waals surface area contributed by atoms with Crippen molar-refractivity contribution in [2.75, 3.05) is 0 Å². The molecular weight excluding hydrogens is 306 g/mol.